The molecule has 0 radical (unpaired) electrons. The number of benzene rings is 2. The van der Waals surface area contributed by atoms with Crippen molar-refractivity contribution in [2.24, 2.45) is 0 Å². The summed E-state index contributed by atoms with van der Waals surface area (Å²) < 4.78 is 5.82. The van der Waals surface area contributed by atoms with Crippen LogP contribution < -0.4 is 15.0 Å². The zero-order valence-electron chi connectivity index (χ0n) is 18.2. The highest BCUT2D eigenvalue weighted by Crippen LogP contribution is 2.25. The second-order valence-corrected chi connectivity index (χ2v) is 8.86. The van der Waals surface area contributed by atoms with Crippen molar-refractivity contribution in [2.45, 2.75) is 39.2 Å². The van der Waals surface area contributed by atoms with Gasteiger partial charge >= 0.3 is 0 Å². The van der Waals surface area contributed by atoms with Crippen molar-refractivity contribution < 1.29 is 9.53 Å². The molecule has 156 valence electrons. The first-order valence-electron chi connectivity index (χ1n) is 10.3. The molecule has 5 nitrogen and oxygen atoms in total. The Hall–Kier alpha value is -2.53. The van der Waals surface area contributed by atoms with Crippen molar-refractivity contribution in [3.05, 3.63) is 54.1 Å². The van der Waals surface area contributed by atoms with E-state index in [-0.39, 0.29) is 11.3 Å². The fourth-order valence-electron chi connectivity index (χ4n) is 3.36. The standard InChI is InChI=1S/C24H33N3O2/c1-18(29-22-12-6-19(7-13-22)24(2,3)4)23(28)25-20-8-10-21(11-9-20)27-16-14-26(5)15-17-27/h6-13,18H,14-17H2,1-5H3,(H,25,28). The van der Waals surface area contributed by atoms with E-state index in [1.165, 1.54) is 11.3 Å². The maximum atomic E-state index is 12.5. The van der Waals surface area contributed by atoms with E-state index in [4.69, 9.17) is 4.74 Å². The van der Waals surface area contributed by atoms with Gasteiger partial charge in [-0.1, -0.05) is 32.9 Å². The van der Waals surface area contributed by atoms with Crippen LogP contribution in [0.2, 0.25) is 0 Å². The average molecular weight is 396 g/mol. The molecule has 1 fully saturated rings. The fraction of sp³-hybridized carbons (Fsp3) is 0.458. The zero-order chi connectivity index (χ0) is 21.0. The predicted molar refractivity (Wildman–Crippen MR) is 120 cm³/mol. The van der Waals surface area contributed by atoms with Gasteiger partial charge < -0.3 is 19.9 Å². The average Bonchev–Trinajstić information content (AvgIpc) is 2.69. The summed E-state index contributed by atoms with van der Waals surface area (Å²) in [5.41, 5.74) is 3.31. The number of hydrogen-bond donors (Lipinski definition) is 1. The Morgan fingerprint density at radius 3 is 2.10 bits per heavy atom. The molecule has 1 aliphatic rings. The molecule has 1 saturated heterocycles. The molecular formula is C24H33N3O2. The van der Waals surface area contributed by atoms with Gasteiger partial charge in [0.2, 0.25) is 0 Å². The third-order valence-corrected chi connectivity index (χ3v) is 5.41. The normalized spacial score (nSPS) is 16.4. The van der Waals surface area contributed by atoms with Crippen LogP contribution in [0.15, 0.2) is 48.5 Å². The van der Waals surface area contributed by atoms with Gasteiger partial charge in [0.15, 0.2) is 6.10 Å². The number of amides is 1. The lowest BCUT2D eigenvalue weighted by Gasteiger charge is -2.34. The summed E-state index contributed by atoms with van der Waals surface area (Å²) in [6.07, 6.45) is -0.576. The Labute approximate surface area is 174 Å². The molecule has 1 atom stereocenters. The molecule has 3 rings (SSSR count). The predicted octanol–water partition coefficient (Wildman–Crippen LogP) is 4.14. The molecule has 1 N–H and O–H groups in total. The zero-order valence-corrected chi connectivity index (χ0v) is 18.2. The number of anilines is 2. The number of carbonyl (C=O) groups excluding carboxylic acids is 1. The van der Waals surface area contributed by atoms with Crippen molar-refractivity contribution in [3.63, 3.8) is 0 Å². The molecule has 0 bridgehead atoms. The van der Waals surface area contributed by atoms with Crippen LogP contribution in [0.1, 0.15) is 33.3 Å². The van der Waals surface area contributed by atoms with E-state index in [9.17, 15) is 4.79 Å². The van der Waals surface area contributed by atoms with Crippen molar-refractivity contribution in [1.29, 1.82) is 0 Å². The molecule has 1 unspecified atom stereocenters. The molecule has 5 heteroatoms. The molecular weight excluding hydrogens is 362 g/mol. The highest BCUT2D eigenvalue weighted by Gasteiger charge is 2.18. The van der Waals surface area contributed by atoms with E-state index in [1.54, 1.807) is 6.92 Å². The van der Waals surface area contributed by atoms with E-state index < -0.39 is 6.10 Å². The molecule has 2 aromatic carbocycles. The monoisotopic (exact) mass is 395 g/mol. The fourth-order valence-corrected chi connectivity index (χ4v) is 3.36. The lowest BCUT2D eigenvalue weighted by molar-refractivity contribution is -0.122. The Morgan fingerprint density at radius 2 is 1.55 bits per heavy atom. The third kappa shape index (κ3) is 5.73. The molecule has 2 aromatic rings. The van der Waals surface area contributed by atoms with Crippen molar-refractivity contribution in [2.75, 3.05) is 43.4 Å². The topological polar surface area (TPSA) is 44.8 Å². The lowest BCUT2D eigenvalue weighted by Crippen LogP contribution is -2.44. The highest BCUT2D eigenvalue weighted by atomic mass is 16.5. The van der Waals surface area contributed by atoms with Gasteiger partial charge in [0.05, 0.1) is 0 Å². The van der Waals surface area contributed by atoms with Gasteiger partial charge in [-0.2, -0.15) is 0 Å². The maximum absolute atomic E-state index is 12.5. The van der Waals surface area contributed by atoms with Crippen LogP contribution in [-0.2, 0) is 10.2 Å². The van der Waals surface area contributed by atoms with Crippen LogP contribution in [-0.4, -0.2) is 50.1 Å². The number of likely N-dealkylation sites (N-methyl/N-ethyl adjacent to an activating group) is 1. The number of ether oxygens (including phenoxy) is 1. The van der Waals surface area contributed by atoms with Gasteiger partial charge in [-0.15, -0.1) is 0 Å². The summed E-state index contributed by atoms with van der Waals surface area (Å²) in [6, 6.07) is 16.0. The number of piperazine rings is 1. The molecule has 0 aliphatic carbocycles. The van der Waals surface area contributed by atoms with Crippen LogP contribution in [0.25, 0.3) is 0 Å². The van der Waals surface area contributed by atoms with Gasteiger partial charge in [-0.05, 0) is 61.3 Å². The SMILES string of the molecule is CC(Oc1ccc(C(C)(C)C)cc1)C(=O)Nc1ccc(N2CCN(C)CC2)cc1. The number of carbonyl (C=O) groups is 1. The largest absolute Gasteiger partial charge is 0.481 e. The van der Waals surface area contributed by atoms with E-state index >= 15 is 0 Å². The van der Waals surface area contributed by atoms with Gasteiger partial charge in [0.25, 0.3) is 5.91 Å². The summed E-state index contributed by atoms with van der Waals surface area (Å²) in [5.74, 6) is 0.545. The second-order valence-electron chi connectivity index (χ2n) is 8.86. The number of hydrogen-bond acceptors (Lipinski definition) is 4. The summed E-state index contributed by atoms with van der Waals surface area (Å²) in [5, 5.41) is 2.94. The molecule has 0 spiro atoms. The summed E-state index contributed by atoms with van der Waals surface area (Å²) in [4.78, 5) is 17.2. The van der Waals surface area contributed by atoms with Crippen LogP contribution in [0.4, 0.5) is 11.4 Å². The van der Waals surface area contributed by atoms with Gasteiger partial charge in [0.1, 0.15) is 5.75 Å². The first kappa shape index (κ1) is 21.2. The number of nitrogens with one attached hydrogen (secondary N) is 1. The van der Waals surface area contributed by atoms with Gasteiger partial charge in [-0.3, -0.25) is 4.79 Å². The highest BCUT2D eigenvalue weighted by molar-refractivity contribution is 5.94. The molecule has 29 heavy (non-hydrogen) atoms. The minimum Gasteiger partial charge on any atom is -0.481 e. The maximum Gasteiger partial charge on any atom is 0.265 e. The lowest BCUT2D eigenvalue weighted by atomic mass is 9.87. The van der Waals surface area contributed by atoms with Crippen LogP contribution in [0, 0.1) is 0 Å². The first-order valence-corrected chi connectivity index (χ1v) is 10.3. The molecule has 0 saturated carbocycles. The minimum absolute atomic E-state index is 0.0950. The number of rotatable bonds is 5. The Balaban J connectivity index is 1.54. The van der Waals surface area contributed by atoms with Crippen molar-refractivity contribution in [1.82, 2.24) is 4.90 Å². The third-order valence-electron chi connectivity index (χ3n) is 5.41. The molecule has 0 aromatic heterocycles. The summed E-state index contributed by atoms with van der Waals surface area (Å²) in [6.45, 7) is 12.5. The van der Waals surface area contributed by atoms with E-state index in [0.29, 0.717) is 5.75 Å². The quantitative estimate of drug-likeness (QED) is 0.826. The molecule has 1 aliphatic heterocycles. The second kappa shape index (κ2) is 8.87. The Kier molecular flexibility index (Phi) is 6.48. The summed E-state index contributed by atoms with van der Waals surface area (Å²) >= 11 is 0. The molecule has 1 amide bonds. The smallest absolute Gasteiger partial charge is 0.265 e. The Bertz CT molecular complexity index is 802. The van der Waals surface area contributed by atoms with Gasteiger partial charge in [-0.25, -0.2) is 0 Å². The summed E-state index contributed by atoms with van der Waals surface area (Å²) in [7, 11) is 2.15. The Morgan fingerprint density at radius 1 is 0.966 bits per heavy atom. The van der Waals surface area contributed by atoms with E-state index in [1.807, 2.05) is 24.3 Å². The first-order chi connectivity index (χ1) is 13.7. The van der Waals surface area contributed by atoms with E-state index in [2.05, 4.69) is 67.2 Å². The van der Waals surface area contributed by atoms with E-state index in [0.717, 1.165) is 31.9 Å². The number of nitrogens with zero attached hydrogens (tertiary/aromatic N) is 2. The van der Waals surface area contributed by atoms with Crippen molar-refractivity contribution >= 4 is 17.3 Å². The van der Waals surface area contributed by atoms with Crippen LogP contribution in [0.5, 0.6) is 5.75 Å². The van der Waals surface area contributed by atoms with Crippen LogP contribution >= 0.6 is 0 Å². The van der Waals surface area contributed by atoms with Crippen molar-refractivity contribution in [3.8, 4) is 5.75 Å². The molecule has 1 heterocycles. The van der Waals surface area contributed by atoms with Crippen LogP contribution in [0.3, 0.4) is 0 Å². The minimum atomic E-state index is -0.576. The van der Waals surface area contributed by atoms with Gasteiger partial charge in [0, 0.05) is 37.6 Å².